The van der Waals surface area contributed by atoms with Gasteiger partial charge in [0.05, 0.1) is 5.56 Å². The van der Waals surface area contributed by atoms with Gasteiger partial charge in [-0.3, -0.25) is 0 Å². The number of hydrogen-bond donors (Lipinski definition) is 1. The molecule has 0 aliphatic heterocycles. The first kappa shape index (κ1) is 13.3. The second-order valence-corrected chi connectivity index (χ2v) is 4.88. The third kappa shape index (κ3) is 2.83. The molecule has 5 heteroatoms. The van der Waals surface area contributed by atoms with Crippen LogP contribution >= 0.6 is 0 Å². The van der Waals surface area contributed by atoms with Gasteiger partial charge in [0, 0.05) is 6.04 Å². The molecule has 2 rings (SSSR count). The van der Waals surface area contributed by atoms with Crippen molar-refractivity contribution in [2.45, 2.75) is 37.9 Å². The molecule has 1 fully saturated rings. The van der Waals surface area contributed by atoms with Crippen LogP contribution in [0.15, 0.2) is 18.2 Å². The first-order valence-corrected chi connectivity index (χ1v) is 6.00. The fourth-order valence-electron chi connectivity index (χ4n) is 2.21. The van der Waals surface area contributed by atoms with Gasteiger partial charge in [-0.05, 0) is 30.0 Å². The predicted molar refractivity (Wildman–Crippen MR) is 60.3 cm³/mol. The number of benzene rings is 1. The van der Waals surface area contributed by atoms with E-state index in [0.29, 0.717) is 17.9 Å². The van der Waals surface area contributed by atoms with E-state index in [1.54, 1.807) is 0 Å². The normalized spacial score (nSPS) is 18.5. The summed E-state index contributed by atoms with van der Waals surface area (Å²) < 4.78 is 50.8. The highest BCUT2D eigenvalue weighted by Crippen LogP contribution is 2.36. The molecule has 2 N–H and O–H groups in total. The van der Waals surface area contributed by atoms with Crippen LogP contribution in [0.4, 0.5) is 17.6 Å². The van der Waals surface area contributed by atoms with E-state index in [2.05, 4.69) is 0 Å². The number of halogens is 4. The summed E-state index contributed by atoms with van der Waals surface area (Å²) in [4.78, 5) is 0. The molecule has 1 aliphatic rings. The topological polar surface area (TPSA) is 26.0 Å². The maximum atomic E-state index is 13.1. The Bertz CT molecular complexity index is 423. The van der Waals surface area contributed by atoms with E-state index < -0.39 is 23.6 Å². The van der Waals surface area contributed by atoms with Crippen molar-refractivity contribution < 1.29 is 17.6 Å². The zero-order chi connectivity index (χ0) is 13.3. The van der Waals surface area contributed by atoms with E-state index >= 15 is 0 Å². The molecular formula is C13H15F4N. The summed E-state index contributed by atoms with van der Waals surface area (Å²) in [6, 6.07) is 2.57. The molecule has 0 amide bonds. The molecule has 1 unspecified atom stereocenters. The summed E-state index contributed by atoms with van der Waals surface area (Å²) >= 11 is 0. The maximum Gasteiger partial charge on any atom is 0.419 e. The Hall–Kier alpha value is -1.10. The smallest absolute Gasteiger partial charge is 0.324 e. The minimum absolute atomic E-state index is 0.357. The molecule has 18 heavy (non-hydrogen) atoms. The van der Waals surface area contributed by atoms with Crippen molar-refractivity contribution in [1.82, 2.24) is 0 Å². The highest BCUT2D eigenvalue weighted by molar-refractivity contribution is 5.29. The molecule has 1 aromatic carbocycles. The summed E-state index contributed by atoms with van der Waals surface area (Å²) in [5.41, 5.74) is 5.00. The Balaban J connectivity index is 2.17. The van der Waals surface area contributed by atoms with Crippen LogP contribution in [-0.2, 0) is 6.18 Å². The molecular weight excluding hydrogens is 246 g/mol. The van der Waals surface area contributed by atoms with Crippen molar-refractivity contribution in [2.75, 3.05) is 0 Å². The van der Waals surface area contributed by atoms with Crippen molar-refractivity contribution in [3.8, 4) is 0 Å². The van der Waals surface area contributed by atoms with Gasteiger partial charge in [0.1, 0.15) is 5.82 Å². The third-order valence-corrected chi connectivity index (χ3v) is 3.54. The van der Waals surface area contributed by atoms with Crippen LogP contribution in [-0.4, -0.2) is 0 Å². The highest BCUT2D eigenvalue weighted by atomic mass is 19.4. The fourth-order valence-corrected chi connectivity index (χ4v) is 2.21. The van der Waals surface area contributed by atoms with Gasteiger partial charge in [0.2, 0.25) is 0 Å². The zero-order valence-corrected chi connectivity index (χ0v) is 9.80. The van der Waals surface area contributed by atoms with Gasteiger partial charge in [-0.25, -0.2) is 4.39 Å². The maximum absolute atomic E-state index is 13.1. The summed E-state index contributed by atoms with van der Waals surface area (Å²) in [6.45, 7) is 0. The van der Waals surface area contributed by atoms with Gasteiger partial charge in [0.15, 0.2) is 0 Å². The standard InChI is InChI=1S/C13H15F4N/c14-11-5-4-9(7-10(11)13(15,16)17)12(18)6-8-2-1-3-8/h4-5,7-8,12H,1-3,6,18H2. The quantitative estimate of drug-likeness (QED) is 0.817. The van der Waals surface area contributed by atoms with Crippen LogP contribution in [0.1, 0.15) is 42.9 Å². The Morgan fingerprint density at radius 2 is 1.94 bits per heavy atom. The summed E-state index contributed by atoms with van der Waals surface area (Å²) in [5, 5.41) is 0. The molecule has 0 radical (unpaired) electrons. The summed E-state index contributed by atoms with van der Waals surface area (Å²) in [6.07, 6.45) is -0.671. The molecule has 100 valence electrons. The second kappa shape index (κ2) is 4.88. The van der Waals surface area contributed by atoms with Gasteiger partial charge >= 0.3 is 6.18 Å². The lowest BCUT2D eigenvalue weighted by atomic mass is 9.80. The van der Waals surface area contributed by atoms with Gasteiger partial charge in [-0.2, -0.15) is 13.2 Å². The van der Waals surface area contributed by atoms with Crippen LogP contribution in [0, 0.1) is 11.7 Å². The molecule has 1 nitrogen and oxygen atoms in total. The molecule has 1 aromatic rings. The number of alkyl halides is 3. The van der Waals surface area contributed by atoms with Crippen LogP contribution in [0.2, 0.25) is 0 Å². The molecule has 0 bridgehead atoms. The average molecular weight is 261 g/mol. The predicted octanol–water partition coefficient (Wildman–Crippen LogP) is 4.03. The van der Waals surface area contributed by atoms with Crippen molar-refractivity contribution in [2.24, 2.45) is 11.7 Å². The largest absolute Gasteiger partial charge is 0.419 e. The van der Waals surface area contributed by atoms with Gasteiger partial charge in [-0.1, -0.05) is 25.3 Å². The van der Waals surface area contributed by atoms with Crippen LogP contribution in [0.5, 0.6) is 0 Å². The van der Waals surface area contributed by atoms with E-state index in [1.807, 2.05) is 0 Å². The number of nitrogens with two attached hydrogens (primary N) is 1. The van der Waals surface area contributed by atoms with E-state index in [9.17, 15) is 17.6 Å². The van der Waals surface area contributed by atoms with Crippen LogP contribution in [0.3, 0.4) is 0 Å². The zero-order valence-electron chi connectivity index (χ0n) is 9.80. The van der Waals surface area contributed by atoms with Crippen molar-refractivity contribution in [3.05, 3.63) is 35.1 Å². The molecule has 0 saturated heterocycles. The molecule has 0 aromatic heterocycles. The van der Waals surface area contributed by atoms with Gasteiger partial charge in [0.25, 0.3) is 0 Å². The molecule has 0 heterocycles. The first-order chi connectivity index (χ1) is 8.38. The van der Waals surface area contributed by atoms with Crippen molar-refractivity contribution >= 4 is 0 Å². The van der Waals surface area contributed by atoms with E-state index in [1.165, 1.54) is 6.07 Å². The van der Waals surface area contributed by atoms with E-state index in [-0.39, 0.29) is 0 Å². The van der Waals surface area contributed by atoms with Crippen LogP contribution < -0.4 is 5.73 Å². The van der Waals surface area contributed by atoms with Gasteiger partial charge < -0.3 is 5.73 Å². The first-order valence-electron chi connectivity index (χ1n) is 6.00. The summed E-state index contributed by atoms with van der Waals surface area (Å²) in [7, 11) is 0. The lowest BCUT2D eigenvalue weighted by Gasteiger charge is -2.28. The average Bonchev–Trinajstić information content (AvgIpc) is 2.22. The second-order valence-electron chi connectivity index (χ2n) is 4.88. The minimum Gasteiger partial charge on any atom is -0.324 e. The lowest BCUT2D eigenvalue weighted by molar-refractivity contribution is -0.140. The highest BCUT2D eigenvalue weighted by Gasteiger charge is 2.34. The molecule has 0 spiro atoms. The Morgan fingerprint density at radius 3 is 2.44 bits per heavy atom. The lowest BCUT2D eigenvalue weighted by Crippen LogP contribution is -2.20. The number of hydrogen-bond acceptors (Lipinski definition) is 1. The molecule has 1 aliphatic carbocycles. The SMILES string of the molecule is NC(CC1CCC1)c1ccc(F)c(C(F)(F)F)c1. The third-order valence-electron chi connectivity index (χ3n) is 3.54. The Kier molecular flexibility index (Phi) is 3.61. The van der Waals surface area contributed by atoms with Gasteiger partial charge in [-0.15, -0.1) is 0 Å². The van der Waals surface area contributed by atoms with E-state index in [4.69, 9.17) is 5.73 Å². The van der Waals surface area contributed by atoms with Crippen molar-refractivity contribution in [1.29, 1.82) is 0 Å². The summed E-state index contributed by atoms with van der Waals surface area (Å²) in [5.74, 6) is -0.749. The van der Waals surface area contributed by atoms with E-state index in [0.717, 1.165) is 31.4 Å². The van der Waals surface area contributed by atoms with Crippen molar-refractivity contribution in [3.63, 3.8) is 0 Å². The minimum atomic E-state index is -4.67. The fraction of sp³-hybridized carbons (Fsp3) is 0.538. The number of rotatable bonds is 3. The Labute approximate surface area is 103 Å². The monoisotopic (exact) mass is 261 g/mol. The molecule has 1 atom stereocenters. The molecule has 1 saturated carbocycles. The van der Waals surface area contributed by atoms with Crippen LogP contribution in [0.25, 0.3) is 0 Å². The Morgan fingerprint density at radius 1 is 1.28 bits per heavy atom.